The Labute approximate surface area is 179 Å². The molecule has 1 fully saturated rings. The van der Waals surface area contributed by atoms with Gasteiger partial charge >= 0.3 is 0 Å². The van der Waals surface area contributed by atoms with Crippen LogP contribution in [0.15, 0.2) is 45.6 Å². The second kappa shape index (κ2) is 8.30. The second-order valence-corrected chi connectivity index (χ2v) is 7.28. The molecular formula is C21H20O11. The molecule has 1 aliphatic rings. The molecule has 0 bridgehead atoms. The SMILES string of the molecule is O=c1cc(-c2ccc(O)cc2)oc2cc(O[C@@H]3O[C@@H](CO)[C@@H](O)[C@@H](O)[C@@H]3O)c(O)c(O)c12. The van der Waals surface area contributed by atoms with Gasteiger partial charge in [0.05, 0.1) is 6.61 Å². The molecule has 11 heteroatoms. The molecule has 0 aliphatic carbocycles. The number of fused-ring (bicyclic) bond motifs is 1. The van der Waals surface area contributed by atoms with Crippen molar-refractivity contribution in [3.8, 4) is 34.3 Å². The van der Waals surface area contributed by atoms with Gasteiger partial charge in [0, 0.05) is 17.7 Å². The van der Waals surface area contributed by atoms with Gasteiger partial charge in [-0.05, 0) is 24.3 Å². The summed E-state index contributed by atoms with van der Waals surface area (Å²) >= 11 is 0. The van der Waals surface area contributed by atoms with Crippen molar-refractivity contribution >= 4 is 11.0 Å². The molecule has 32 heavy (non-hydrogen) atoms. The van der Waals surface area contributed by atoms with Crippen LogP contribution in [0, 0.1) is 0 Å². The van der Waals surface area contributed by atoms with Crippen molar-refractivity contribution in [1.82, 2.24) is 0 Å². The first-order valence-electron chi connectivity index (χ1n) is 9.50. The van der Waals surface area contributed by atoms with Crippen LogP contribution in [0.2, 0.25) is 0 Å². The van der Waals surface area contributed by atoms with E-state index in [1.807, 2.05) is 0 Å². The lowest BCUT2D eigenvalue weighted by atomic mass is 9.99. The van der Waals surface area contributed by atoms with E-state index >= 15 is 0 Å². The standard InChI is InChI=1S/C21H20O11/c22-7-14-17(26)19(28)20(29)21(32-14)31-13-6-12-15(18(27)16(13)25)10(24)5-11(30-12)8-1-3-9(23)4-2-8/h1-6,14,17,19-23,25-29H,7H2/t14-,17+,19+,20-,21+/m0/s1. The Morgan fingerprint density at radius 2 is 1.59 bits per heavy atom. The number of aliphatic hydroxyl groups is 4. The lowest BCUT2D eigenvalue weighted by Crippen LogP contribution is -2.60. The highest BCUT2D eigenvalue weighted by molar-refractivity contribution is 5.89. The van der Waals surface area contributed by atoms with E-state index in [1.165, 1.54) is 24.3 Å². The fourth-order valence-corrected chi connectivity index (χ4v) is 3.42. The first-order chi connectivity index (χ1) is 15.2. The van der Waals surface area contributed by atoms with E-state index < -0.39 is 60.0 Å². The van der Waals surface area contributed by atoms with E-state index in [0.29, 0.717) is 5.56 Å². The van der Waals surface area contributed by atoms with Gasteiger partial charge in [0.2, 0.25) is 12.0 Å². The molecule has 0 saturated carbocycles. The predicted molar refractivity (Wildman–Crippen MR) is 107 cm³/mol. The van der Waals surface area contributed by atoms with Crippen LogP contribution in [0.3, 0.4) is 0 Å². The Kier molecular flexibility index (Phi) is 5.67. The quantitative estimate of drug-likeness (QED) is 0.261. The Bertz CT molecular complexity index is 1190. The van der Waals surface area contributed by atoms with Gasteiger partial charge in [0.1, 0.15) is 46.9 Å². The second-order valence-electron chi connectivity index (χ2n) is 7.28. The van der Waals surface area contributed by atoms with E-state index in [-0.39, 0.29) is 22.5 Å². The van der Waals surface area contributed by atoms with Gasteiger partial charge in [-0.3, -0.25) is 4.79 Å². The summed E-state index contributed by atoms with van der Waals surface area (Å²) in [5.41, 5.74) is -0.386. The third-order valence-corrected chi connectivity index (χ3v) is 5.17. The fourth-order valence-electron chi connectivity index (χ4n) is 3.42. The predicted octanol–water partition coefficient (Wildman–Crippen LogP) is -0.245. The van der Waals surface area contributed by atoms with Crippen LogP contribution in [0.4, 0.5) is 0 Å². The van der Waals surface area contributed by atoms with Gasteiger partial charge in [0.25, 0.3) is 0 Å². The highest BCUT2D eigenvalue weighted by Gasteiger charge is 2.45. The minimum absolute atomic E-state index is 0.00895. The number of aromatic hydroxyl groups is 3. The van der Waals surface area contributed by atoms with Crippen LogP contribution in [0.1, 0.15) is 0 Å². The largest absolute Gasteiger partial charge is 0.508 e. The topological polar surface area (TPSA) is 190 Å². The van der Waals surface area contributed by atoms with Crippen molar-refractivity contribution in [2.45, 2.75) is 30.7 Å². The lowest BCUT2D eigenvalue weighted by molar-refractivity contribution is -0.277. The van der Waals surface area contributed by atoms with Crippen LogP contribution in [-0.2, 0) is 4.74 Å². The monoisotopic (exact) mass is 448 g/mol. The molecule has 3 aromatic rings. The molecule has 5 atom stereocenters. The number of ether oxygens (including phenoxy) is 2. The molecule has 11 nitrogen and oxygen atoms in total. The zero-order valence-corrected chi connectivity index (χ0v) is 16.3. The van der Waals surface area contributed by atoms with Crippen molar-refractivity contribution in [2.75, 3.05) is 6.61 Å². The van der Waals surface area contributed by atoms with Crippen LogP contribution in [0.25, 0.3) is 22.3 Å². The molecule has 0 radical (unpaired) electrons. The Morgan fingerprint density at radius 1 is 0.906 bits per heavy atom. The molecule has 0 amide bonds. The van der Waals surface area contributed by atoms with Crippen molar-refractivity contribution in [3.63, 3.8) is 0 Å². The number of benzene rings is 2. The van der Waals surface area contributed by atoms with Gasteiger partial charge in [-0.25, -0.2) is 0 Å². The maximum atomic E-state index is 12.6. The molecule has 4 rings (SSSR count). The average molecular weight is 448 g/mol. The highest BCUT2D eigenvalue weighted by Crippen LogP contribution is 2.42. The van der Waals surface area contributed by atoms with Crippen LogP contribution in [0.5, 0.6) is 23.0 Å². The third kappa shape index (κ3) is 3.72. The minimum Gasteiger partial charge on any atom is -0.508 e. The molecule has 170 valence electrons. The number of phenols is 3. The molecule has 0 spiro atoms. The summed E-state index contributed by atoms with van der Waals surface area (Å²) in [5.74, 6) is -2.03. The smallest absolute Gasteiger partial charge is 0.229 e. The summed E-state index contributed by atoms with van der Waals surface area (Å²) in [5, 5.41) is 69.0. The van der Waals surface area contributed by atoms with Crippen molar-refractivity contribution in [3.05, 3.63) is 46.6 Å². The first-order valence-corrected chi connectivity index (χ1v) is 9.50. The summed E-state index contributed by atoms with van der Waals surface area (Å²) in [4.78, 5) is 12.6. The molecule has 1 aliphatic heterocycles. The number of hydrogen-bond donors (Lipinski definition) is 7. The van der Waals surface area contributed by atoms with Crippen LogP contribution >= 0.6 is 0 Å². The van der Waals surface area contributed by atoms with Gasteiger partial charge in [-0.1, -0.05) is 0 Å². The maximum absolute atomic E-state index is 12.6. The van der Waals surface area contributed by atoms with E-state index in [0.717, 1.165) is 12.1 Å². The van der Waals surface area contributed by atoms with Gasteiger partial charge < -0.3 is 49.6 Å². The number of aliphatic hydroxyl groups excluding tert-OH is 4. The van der Waals surface area contributed by atoms with Crippen LogP contribution < -0.4 is 10.2 Å². The summed E-state index contributed by atoms with van der Waals surface area (Å²) in [7, 11) is 0. The molecular weight excluding hydrogens is 428 g/mol. The van der Waals surface area contributed by atoms with E-state index in [1.54, 1.807) is 0 Å². The molecule has 0 unspecified atom stereocenters. The molecule has 2 aromatic carbocycles. The van der Waals surface area contributed by atoms with Crippen LogP contribution in [-0.4, -0.2) is 73.1 Å². The van der Waals surface area contributed by atoms with Gasteiger partial charge in [-0.15, -0.1) is 0 Å². The van der Waals surface area contributed by atoms with E-state index in [9.17, 15) is 40.5 Å². The first kappa shape index (κ1) is 21.9. The van der Waals surface area contributed by atoms with Gasteiger partial charge in [0.15, 0.2) is 16.9 Å². The lowest BCUT2D eigenvalue weighted by Gasteiger charge is -2.39. The highest BCUT2D eigenvalue weighted by atomic mass is 16.7. The summed E-state index contributed by atoms with van der Waals surface area (Å²) < 4.78 is 16.3. The third-order valence-electron chi connectivity index (χ3n) is 5.17. The average Bonchev–Trinajstić information content (AvgIpc) is 2.77. The fraction of sp³-hybridized carbons (Fsp3) is 0.286. The van der Waals surface area contributed by atoms with Crippen molar-refractivity contribution in [1.29, 1.82) is 0 Å². The minimum atomic E-state index is -1.76. The van der Waals surface area contributed by atoms with Crippen molar-refractivity contribution < 1.29 is 49.6 Å². The number of rotatable bonds is 4. The Balaban J connectivity index is 1.76. The van der Waals surface area contributed by atoms with Crippen molar-refractivity contribution in [2.24, 2.45) is 0 Å². The molecule has 1 aromatic heterocycles. The summed E-state index contributed by atoms with van der Waals surface area (Å²) in [6.45, 7) is -0.690. The number of phenolic OH excluding ortho intramolecular Hbond substituents is 3. The van der Waals surface area contributed by atoms with E-state index in [2.05, 4.69) is 0 Å². The molecule has 7 N–H and O–H groups in total. The Hall–Kier alpha value is -3.35. The number of hydrogen-bond acceptors (Lipinski definition) is 11. The normalized spacial score (nSPS) is 25.7. The maximum Gasteiger partial charge on any atom is 0.229 e. The Morgan fingerprint density at radius 3 is 2.25 bits per heavy atom. The molecule has 2 heterocycles. The van der Waals surface area contributed by atoms with Gasteiger partial charge in [-0.2, -0.15) is 0 Å². The zero-order chi connectivity index (χ0) is 23.2. The van der Waals surface area contributed by atoms with E-state index in [4.69, 9.17) is 13.9 Å². The summed E-state index contributed by atoms with van der Waals surface area (Å²) in [6.07, 6.45) is -7.99. The summed E-state index contributed by atoms with van der Waals surface area (Å²) in [6, 6.07) is 7.97. The zero-order valence-electron chi connectivity index (χ0n) is 16.3. The molecule has 1 saturated heterocycles.